The summed E-state index contributed by atoms with van der Waals surface area (Å²) in [5.74, 6) is 0.535. The van der Waals surface area contributed by atoms with Crippen LogP contribution in [0.3, 0.4) is 0 Å². The lowest BCUT2D eigenvalue weighted by Gasteiger charge is -2.36. The molecule has 1 aliphatic rings. The van der Waals surface area contributed by atoms with Gasteiger partial charge in [0.15, 0.2) is 0 Å². The predicted molar refractivity (Wildman–Crippen MR) is 60.8 cm³/mol. The molecular weight excluding hydrogens is 190 g/mol. The van der Waals surface area contributed by atoms with Gasteiger partial charge in [-0.3, -0.25) is 4.79 Å². The van der Waals surface area contributed by atoms with Crippen molar-refractivity contribution in [2.75, 3.05) is 0 Å². The van der Waals surface area contributed by atoms with Crippen LogP contribution < -0.4 is 5.32 Å². The van der Waals surface area contributed by atoms with Gasteiger partial charge in [-0.1, -0.05) is 26.7 Å². The number of carboxylic acids is 1. The summed E-state index contributed by atoms with van der Waals surface area (Å²) >= 11 is 0. The average molecular weight is 213 g/mol. The van der Waals surface area contributed by atoms with Gasteiger partial charge >= 0.3 is 5.97 Å². The second-order valence-electron chi connectivity index (χ2n) is 5.03. The Balaban J connectivity index is 2.53. The maximum Gasteiger partial charge on any atom is 0.320 e. The van der Waals surface area contributed by atoms with Crippen molar-refractivity contribution < 1.29 is 9.90 Å². The van der Waals surface area contributed by atoms with E-state index >= 15 is 0 Å². The summed E-state index contributed by atoms with van der Waals surface area (Å²) in [4.78, 5) is 10.8. The van der Waals surface area contributed by atoms with Gasteiger partial charge in [0.25, 0.3) is 0 Å². The minimum atomic E-state index is -0.747. The summed E-state index contributed by atoms with van der Waals surface area (Å²) in [6.45, 7) is 6.19. The van der Waals surface area contributed by atoms with Crippen LogP contribution in [0.2, 0.25) is 0 Å². The van der Waals surface area contributed by atoms with Crippen LogP contribution >= 0.6 is 0 Å². The normalized spacial score (nSPS) is 29.1. The molecular formula is C12H23NO2. The summed E-state index contributed by atoms with van der Waals surface area (Å²) in [6.07, 6.45) is 4.89. The van der Waals surface area contributed by atoms with Crippen LogP contribution in [-0.4, -0.2) is 23.2 Å². The molecule has 3 unspecified atom stereocenters. The molecule has 0 aromatic carbocycles. The lowest BCUT2D eigenvalue weighted by Crippen LogP contribution is -2.47. The molecule has 2 N–H and O–H groups in total. The van der Waals surface area contributed by atoms with Gasteiger partial charge in [0.2, 0.25) is 0 Å². The summed E-state index contributed by atoms with van der Waals surface area (Å²) < 4.78 is 0. The number of hydrogen-bond donors (Lipinski definition) is 2. The van der Waals surface area contributed by atoms with Gasteiger partial charge in [0.1, 0.15) is 6.04 Å². The fraction of sp³-hybridized carbons (Fsp3) is 0.917. The third-order valence-corrected chi connectivity index (χ3v) is 3.51. The quantitative estimate of drug-likeness (QED) is 0.753. The van der Waals surface area contributed by atoms with Gasteiger partial charge in [-0.05, 0) is 31.6 Å². The number of carboxylic acid groups (broad SMARTS) is 1. The van der Waals surface area contributed by atoms with Gasteiger partial charge in [-0.15, -0.1) is 0 Å². The van der Waals surface area contributed by atoms with E-state index in [2.05, 4.69) is 19.2 Å². The average Bonchev–Trinajstić information content (AvgIpc) is 2.18. The van der Waals surface area contributed by atoms with Crippen LogP contribution in [0.15, 0.2) is 0 Å². The molecule has 0 aromatic rings. The third-order valence-electron chi connectivity index (χ3n) is 3.51. The Bertz CT molecular complexity index is 216. The van der Waals surface area contributed by atoms with Crippen molar-refractivity contribution in [1.29, 1.82) is 0 Å². The van der Waals surface area contributed by atoms with Crippen molar-refractivity contribution in [3.8, 4) is 0 Å². The van der Waals surface area contributed by atoms with E-state index in [1.54, 1.807) is 6.92 Å². The Morgan fingerprint density at radius 2 is 1.87 bits per heavy atom. The molecule has 15 heavy (non-hydrogen) atoms. The first kappa shape index (κ1) is 12.5. The van der Waals surface area contributed by atoms with E-state index in [1.807, 2.05) is 0 Å². The maximum absolute atomic E-state index is 10.8. The molecule has 3 nitrogen and oxygen atoms in total. The van der Waals surface area contributed by atoms with E-state index in [0.717, 1.165) is 6.42 Å². The second-order valence-corrected chi connectivity index (χ2v) is 5.03. The number of hydrogen-bond acceptors (Lipinski definition) is 2. The fourth-order valence-corrected chi connectivity index (χ4v) is 2.56. The fourth-order valence-electron chi connectivity index (χ4n) is 2.56. The van der Waals surface area contributed by atoms with Crippen LogP contribution in [-0.2, 0) is 4.79 Å². The van der Waals surface area contributed by atoms with Crippen molar-refractivity contribution in [2.24, 2.45) is 11.8 Å². The molecule has 0 bridgehead atoms. The first-order valence-electron chi connectivity index (χ1n) is 6.01. The van der Waals surface area contributed by atoms with Crippen LogP contribution in [0.5, 0.6) is 0 Å². The second kappa shape index (κ2) is 5.50. The number of aliphatic carboxylic acids is 1. The number of nitrogens with one attached hydrogen (secondary N) is 1. The molecule has 0 aromatic heterocycles. The smallest absolute Gasteiger partial charge is 0.320 e. The molecule has 0 amide bonds. The van der Waals surface area contributed by atoms with Crippen molar-refractivity contribution in [2.45, 2.75) is 58.5 Å². The molecule has 0 spiro atoms. The first-order chi connectivity index (χ1) is 7.02. The molecule has 88 valence electrons. The topological polar surface area (TPSA) is 49.3 Å². The number of rotatable bonds is 4. The molecule has 0 radical (unpaired) electrons. The van der Waals surface area contributed by atoms with E-state index in [0.29, 0.717) is 17.9 Å². The molecule has 1 aliphatic carbocycles. The molecule has 3 heteroatoms. The molecule has 0 aliphatic heterocycles. The summed E-state index contributed by atoms with van der Waals surface area (Å²) in [5, 5.41) is 12.1. The molecule has 3 atom stereocenters. The van der Waals surface area contributed by atoms with Crippen LogP contribution in [0.4, 0.5) is 0 Å². The zero-order valence-corrected chi connectivity index (χ0v) is 9.99. The van der Waals surface area contributed by atoms with Crippen LogP contribution in [0.25, 0.3) is 0 Å². The van der Waals surface area contributed by atoms with Gasteiger partial charge in [0, 0.05) is 6.04 Å². The van der Waals surface area contributed by atoms with Crippen LogP contribution in [0, 0.1) is 11.8 Å². The summed E-state index contributed by atoms with van der Waals surface area (Å²) in [7, 11) is 0. The SMILES string of the molecule is CC(NC1CCCCC1C(C)C)C(=O)O. The zero-order chi connectivity index (χ0) is 11.4. The van der Waals surface area contributed by atoms with Gasteiger partial charge in [0.05, 0.1) is 0 Å². The predicted octanol–water partition coefficient (Wildman–Crippen LogP) is 2.26. The van der Waals surface area contributed by atoms with Crippen molar-refractivity contribution in [1.82, 2.24) is 5.32 Å². The molecule has 1 rings (SSSR count). The van der Waals surface area contributed by atoms with Gasteiger partial charge in [-0.2, -0.15) is 0 Å². The Morgan fingerprint density at radius 1 is 1.27 bits per heavy atom. The van der Waals surface area contributed by atoms with Crippen molar-refractivity contribution in [3.63, 3.8) is 0 Å². The van der Waals surface area contributed by atoms with E-state index in [4.69, 9.17) is 5.11 Å². The monoisotopic (exact) mass is 213 g/mol. The highest BCUT2D eigenvalue weighted by Gasteiger charge is 2.29. The summed E-state index contributed by atoms with van der Waals surface area (Å²) in [5.41, 5.74) is 0. The van der Waals surface area contributed by atoms with E-state index in [9.17, 15) is 4.79 Å². The van der Waals surface area contributed by atoms with Crippen molar-refractivity contribution >= 4 is 5.97 Å². The minimum Gasteiger partial charge on any atom is -0.480 e. The maximum atomic E-state index is 10.8. The molecule has 1 saturated carbocycles. The molecule has 0 heterocycles. The zero-order valence-electron chi connectivity index (χ0n) is 9.99. The largest absolute Gasteiger partial charge is 0.480 e. The van der Waals surface area contributed by atoms with E-state index in [-0.39, 0.29) is 0 Å². The lowest BCUT2D eigenvalue weighted by molar-refractivity contribution is -0.139. The Kier molecular flexibility index (Phi) is 4.58. The minimum absolute atomic E-state index is 0.393. The van der Waals surface area contributed by atoms with Gasteiger partial charge in [-0.25, -0.2) is 0 Å². The Morgan fingerprint density at radius 3 is 2.40 bits per heavy atom. The Labute approximate surface area is 92.3 Å². The standard InChI is InChI=1S/C12H23NO2/c1-8(2)10-6-4-5-7-11(10)13-9(3)12(14)15/h8-11,13H,4-7H2,1-3H3,(H,14,15). The Hall–Kier alpha value is -0.570. The highest BCUT2D eigenvalue weighted by Crippen LogP contribution is 2.30. The highest BCUT2D eigenvalue weighted by atomic mass is 16.4. The third kappa shape index (κ3) is 3.49. The van der Waals surface area contributed by atoms with E-state index in [1.165, 1.54) is 19.3 Å². The molecule has 0 saturated heterocycles. The van der Waals surface area contributed by atoms with Crippen LogP contribution in [0.1, 0.15) is 46.5 Å². The van der Waals surface area contributed by atoms with E-state index < -0.39 is 12.0 Å². The van der Waals surface area contributed by atoms with Gasteiger partial charge < -0.3 is 10.4 Å². The number of carbonyl (C=O) groups is 1. The molecule has 1 fully saturated rings. The first-order valence-corrected chi connectivity index (χ1v) is 6.01. The van der Waals surface area contributed by atoms with Crippen molar-refractivity contribution in [3.05, 3.63) is 0 Å². The lowest BCUT2D eigenvalue weighted by atomic mass is 9.77. The highest BCUT2D eigenvalue weighted by molar-refractivity contribution is 5.72. The summed E-state index contributed by atoms with van der Waals surface area (Å²) in [6, 6.07) is -0.0285.